The molecule has 0 saturated heterocycles. The van der Waals surface area contributed by atoms with Crippen molar-refractivity contribution >= 4 is 23.6 Å². The summed E-state index contributed by atoms with van der Waals surface area (Å²) in [6, 6.07) is 5.13. The van der Waals surface area contributed by atoms with Crippen LogP contribution >= 0.6 is 11.8 Å². The van der Waals surface area contributed by atoms with Crippen LogP contribution < -0.4 is 5.32 Å². The molecule has 110 valence electrons. The van der Waals surface area contributed by atoms with Crippen LogP contribution in [0.2, 0.25) is 0 Å². The Balaban J connectivity index is 2.55. The third-order valence-corrected chi connectivity index (χ3v) is 3.62. The van der Waals surface area contributed by atoms with E-state index in [0.29, 0.717) is 17.4 Å². The number of aliphatic carboxylic acids is 1. The van der Waals surface area contributed by atoms with Gasteiger partial charge in [0.05, 0.1) is 5.75 Å². The molecular weight excluding hydrogens is 276 g/mol. The molecule has 6 heteroatoms. The minimum absolute atomic E-state index is 0.0474. The van der Waals surface area contributed by atoms with Gasteiger partial charge in [0, 0.05) is 18.0 Å². The van der Waals surface area contributed by atoms with E-state index in [1.807, 2.05) is 0 Å². The average Bonchev–Trinajstić information content (AvgIpc) is 2.38. The number of pyridine rings is 1. The number of nitrogens with one attached hydrogen (secondary N) is 1. The van der Waals surface area contributed by atoms with E-state index in [9.17, 15) is 9.59 Å². The average molecular weight is 296 g/mol. The number of nitrogens with zero attached hydrogens (tertiary/aromatic N) is 1. The van der Waals surface area contributed by atoms with Crippen molar-refractivity contribution in [2.24, 2.45) is 5.92 Å². The van der Waals surface area contributed by atoms with Gasteiger partial charge in [-0.15, -0.1) is 11.8 Å². The van der Waals surface area contributed by atoms with Gasteiger partial charge in [-0.2, -0.15) is 0 Å². The van der Waals surface area contributed by atoms with Crippen molar-refractivity contribution in [3.63, 3.8) is 0 Å². The molecule has 1 aromatic rings. The summed E-state index contributed by atoms with van der Waals surface area (Å²) in [6.07, 6.45) is 2.39. The van der Waals surface area contributed by atoms with Gasteiger partial charge in [0.25, 0.3) is 5.91 Å². The van der Waals surface area contributed by atoms with Gasteiger partial charge < -0.3 is 10.4 Å². The molecule has 0 fully saturated rings. The van der Waals surface area contributed by atoms with Gasteiger partial charge in [-0.25, -0.2) is 0 Å². The number of thioether (sulfide) groups is 1. The zero-order valence-electron chi connectivity index (χ0n) is 11.7. The van der Waals surface area contributed by atoms with E-state index in [-0.39, 0.29) is 17.7 Å². The summed E-state index contributed by atoms with van der Waals surface area (Å²) < 4.78 is 0. The van der Waals surface area contributed by atoms with Crippen LogP contribution in [0.4, 0.5) is 0 Å². The molecule has 1 heterocycles. The van der Waals surface area contributed by atoms with Crippen molar-refractivity contribution in [1.29, 1.82) is 0 Å². The number of carbonyl (C=O) groups excluding carboxylic acids is 1. The van der Waals surface area contributed by atoms with E-state index < -0.39 is 5.97 Å². The van der Waals surface area contributed by atoms with Gasteiger partial charge in [-0.1, -0.05) is 19.9 Å². The lowest BCUT2D eigenvalue weighted by atomic mass is 10.1. The molecule has 0 bridgehead atoms. The molecule has 0 spiro atoms. The highest BCUT2D eigenvalue weighted by Crippen LogP contribution is 2.11. The molecule has 0 saturated carbocycles. The Morgan fingerprint density at radius 1 is 1.40 bits per heavy atom. The molecule has 1 atom stereocenters. The van der Waals surface area contributed by atoms with Crippen LogP contribution in [0.3, 0.4) is 0 Å². The van der Waals surface area contributed by atoms with Gasteiger partial charge in [-0.3, -0.25) is 14.6 Å². The molecule has 0 aliphatic heterocycles. The first-order chi connectivity index (χ1) is 9.49. The van der Waals surface area contributed by atoms with Crippen LogP contribution in [0.1, 0.15) is 30.8 Å². The van der Waals surface area contributed by atoms with E-state index >= 15 is 0 Å². The standard InChI is InChI=1S/C14H20N2O3S/c1-10(2)7-11(8-20-9-13(17)18)16-14(19)12-5-3-4-6-15-12/h3-6,10-11H,7-9H2,1-2H3,(H,16,19)(H,17,18)/t11-/m0/s1. The number of carbonyl (C=O) groups is 2. The highest BCUT2D eigenvalue weighted by molar-refractivity contribution is 7.99. The van der Waals surface area contributed by atoms with Crippen LogP contribution in [0.25, 0.3) is 0 Å². The molecule has 1 amide bonds. The lowest BCUT2D eigenvalue weighted by Crippen LogP contribution is -2.38. The predicted octanol–water partition coefficient (Wildman–Crippen LogP) is 2.04. The number of amides is 1. The Bertz CT molecular complexity index is 437. The first-order valence-electron chi connectivity index (χ1n) is 6.50. The summed E-state index contributed by atoms with van der Waals surface area (Å²) in [5, 5.41) is 11.6. The quantitative estimate of drug-likeness (QED) is 0.767. The minimum atomic E-state index is -0.839. The molecule has 2 N–H and O–H groups in total. The Kier molecular flexibility index (Phi) is 7.08. The first-order valence-corrected chi connectivity index (χ1v) is 7.66. The maximum absolute atomic E-state index is 12.0. The van der Waals surface area contributed by atoms with Gasteiger partial charge in [0.2, 0.25) is 0 Å². The van der Waals surface area contributed by atoms with E-state index in [4.69, 9.17) is 5.11 Å². The predicted molar refractivity (Wildman–Crippen MR) is 79.9 cm³/mol. The molecule has 20 heavy (non-hydrogen) atoms. The summed E-state index contributed by atoms with van der Waals surface area (Å²) >= 11 is 1.31. The number of aromatic nitrogens is 1. The Morgan fingerprint density at radius 2 is 2.15 bits per heavy atom. The lowest BCUT2D eigenvalue weighted by molar-refractivity contribution is -0.133. The summed E-state index contributed by atoms with van der Waals surface area (Å²) in [4.78, 5) is 26.6. The summed E-state index contributed by atoms with van der Waals surface area (Å²) in [5.41, 5.74) is 0.379. The monoisotopic (exact) mass is 296 g/mol. The van der Waals surface area contributed by atoms with E-state index in [1.165, 1.54) is 11.8 Å². The van der Waals surface area contributed by atoms with Crippen LogP contribution in [0.15, 0.2) is 24.4 Å². The van der Waals surface area contributed by atoms with Gasteiger partial charge in [0.1, 0.15) is 5.69 Å². The maximum Gasteiger partial charge on any atom is 0.313 e. The second-order valence-corrected chi connectivity index (χ2v) is 5.95. The van der Waals surface area contributed by atoms with Crippen LogP contribution in [-0.2, 0) is 4.79 Å². The van der Waals surface area contributed by atoms with Crippen LogP contribution in [-0.4, -0.2) is 39.5 Å². The molecule has 0 unspecified atom stereocenters. The molecule has 0 aliphatic rings. The SMILES string of the molecule is CC(C)C[C@@H](CSCC(=O)O)NC(=O)c1ccccn1. The zero-order chi connectivity index (χ0) is 15.0. The number of rotatable bonds is 8. The fourth-order valence-corrected chi connectivity index (χ4v) is 2.58. The highest BCUT2D eigenvalue weighted by atomic mass is 32.2. The smallest absolute Gasteiger partial charge is 0.313 e. The largest absolute Gasteiger partial charge is 0.481 e. The topological polar surface area (TPSA) is 79.3 Å². The van der Waals surface area contributed by atoms with E-state index in [0.717, 1.165) is 6.42 Å². The molecule has 0 aromatic carbocycles. The van der Waals surface area contributed by atoms with Crippen molar-refractivity contribution in [2.75, 3.05) is 11.5 Å². The zero-order valence-corrected chi connectivity index (χ0v) is 12.5. The van der Waals surface area contributed by atoms with E-state index in [1.54, 1.807) is 24.4 Å². The lowest BCUT2D eigenvalue weighted by Gasteiger charge is -2.19. The van der Waals surface area contributed by atoms with Crippen molar-refractivity contribution in [3.05, 3.63) is 30.1 Å². The molecule has 1 rings (SSSR count). The third kappa shape index (κ3) is 6.56. The second kappa shape index (κ2) is 8.58. The van der Waals surface area contributed by atoms with Crippen LogP contribution in [0.5, 0.6) is 0 Å². The number of hydrogen-bond acceptors (Lipinski definition) is 4. The molecule has 5 nitrogen and oxygen atoms in total. The van der Waals surface area contributed by atoms with Crippen LogP contribution in [0, 0.1) is 5.92 Å². The summed E-state index contributed by atoms with van der Waals surface area (Å²) in [7, 11) is 0. The number of hydrogen-bond donors (Lipinski definition) is 2. The fraction of sp³-hybridized carbons (Fsp3) is 0.500. The Hall–Kier alpha value is -1.56. The van der Waals surface area contributed by atoms with E-state index in [2.05, 4.69) is 24.1 Å². The molecule has 0 radical (unpaired) electrons. The number of carboxylic acid groups (broad SMARTS) is 1. The normalized spacial score (nSPS) is 12.2. The van der Waals surface area contributed by atoms with Gasteiger partial charge in [0.15, 0.2) is 0 Å². The summed E-state index contributed by atoms with van der Waals surface area (Å²) in [6.45, 7) is 4.14. The minimum Gasteiger partial charge on any atom is -0.481 e. The molecule has 1 aromatic heterocycles. The first kappa shape index (κ1) is 16.5. The number of carboxylic acids is 1. The molecule has 0 aliphatic carbocycles. The van der Waals surface area contributed by atoms with Gasteiger partial charge >= 0.3 is 5.97 Å². The molecular formula is C14H20N2O3S. The Labute approximate surface area is 123 Å². The second-order valence-electron chi connectivity index (χ2n) is 4.92. The van der Waals surface area contributed by atoms with Crippen molar-refractivity contribution in [3.8, 4) is 0 Å². The van der Waals surface area contributed by atoms with Gasteiger partial charge in [-0.05, 0) is 24.5 Å². The maximum atomic E-state index is 12.0. The third-order valence-electron chi connectivity index (χ3n) is 2.53. The van der Waals surface area contributed by atoms with Crippen molar-refractivity contribution < 1.29 is 14.7 Å². The fourth-order valence-electron chi connectivity index (χ4n) is 1.78. The summed E-state index contributed by atoms with van der Waals surface area (Å²) in [5.74, 6) is 0.00730. The highest BCUT2D eigenvalue weighted by Gasteiger charge is 2.16. The Morgan fingerprint density at radius 3 is 2.70 bits per heavy atom. The van der Waals surface area contributed by atoms with Crippen molar-refractivity contribution in [2.45, 2.75) is 26.3 Å². The van der Waals surface area contributed by atoms with Crippen molar-refractivity contribution in [1.82, 2.24) is 10.3 Å².